The van der Waals surface area contributed by atoms with E-state index < -0.39 is 0 Å². The lowest BCUT2D eigenvalue weighted by atomic mass is 9.97. The first-order valence-electron chi connectivity index (χ1n) is 9.18. The minimum absolute atomic E-state index is 0.282. The van der Waals surface area contributed by atoms with E-state index in [1.807, 2.05) is 6.07 Å². The van der Waals surface area contributed by atoms with E-state index in [0.717, 1.165) is 18.7 Å². The van der Waals surface area contributed by atoms with Crippen molar-refractivity contribution in [2.24, 2.45) is 0 Å². The largest absolute Gasteiger partial charge is 0.495 e. The fourth-order valence-electron chi connectivity index (χ4n) is 3.07. The zero-order chi connectivity index (χ0) is 19.1. The van der Waals surface area contributed by atoms with Crippen molar-refractivity contribution in [3.8, 4) is 5.75 Å². The maximum absolute atomic E-state index is 12.3. The number of allylic oxidation sites excluding steroid dienone is 1. The molecule has 3 rings (SSSR count). The van der Waals surface area contributed by atoms with Crippen molar-refractivity contribution in [3.63, 3.8) is 0 Å². The number of hydrogen-bond donors (Lipinski definition) is 2. The van der Waals surface area contributed by atoms with Crippen molar-refractivity contribution >= 4 is 28.9 Å². The van der Waals surface area contributed by atoms with E-state index in [-0.39, 0.29) is 5.91 Å². The molecule has 0 unspecified atom stereocenters. The van der Waals surface area contributed by atoms with E-state index in [1.165, 1.54) is 31.3 Å². The maximum Gasteiger partial charge on any atom is 0.274 e. The third kappa shape index (κ3) is 5.47. The number of carbonyl (C=O) groups is 1. The highest BCUT2D eigenvalue weighted by Crippen LogP contribution is 2.27. The van der Waals surface area contributed by atoms with Crippen LogP contribution >= 0.6 is 11.6 Å². The normalized spacial score (nSPS) is 13.6. The number of benzene rings is 1. The van der Waals surface area contributed by atoms with Gasteiger partial charge in [-0.2, -0.15) is 0 Å². The minimum atomic E-state index is -0.282. The second kappa shape index (κ2) is 9.42. The topological polar surface area (TPSA) is 63.2 Å². The van der Waals surface area contributed by atoms with Gasteiger partial charge in [0.05, 0.1) is 24.0 Å². The summed E-state index contributed by atoms with van der Waals surface area (Å²) in [5.74, 6) is 0.280. The van der Waals surface area contributed by atoms with Crippen molar-refractivity contribution in [1.82, 2.24) is 4.98 Å². The molecular formula is C21H24ClN3O2. The molecule has 2 aromatic rings. The fraction of sp³-hybridized carbons (Fsp3) is 0.333. The summed E-state index contributed by atoms with van der Waals surface area (Å²) in [5, 5.41) is 6.59. The van der Waals surface area contributed by atoms with Crippen LogP contribution in [0.1, 0.15) is 42.6 Å². The average molecular weight is 386 g/mol. The first kappa shape index (κ1) is 19.2. The number of ether oxygens (including phenoxy) is 1. The van der Waals surface area contributed by atoms with Gasteiger partial charge >= 0.3 is 0 Å². The number of methoxy groups -OCH3 is 1. The second-order valence-corrected chi connectivity index (χ2v) is 6.93. The highest BCUT2D eigenvalue weighted by molar-refractivity contribution is 6.32. The fourth-order valence-corrected chi connectivity index (χ4v) is 3.33. The van der Waals surface area contributed by atoms with Crippen LogP contribution in [-0.2, 0) is 0 Å². The van der Waals surface area contributed by atoms with Crippen LogP contribution in [0.5, 0.6) is 5.75 Å². The summed E-state index contributed by atoms with van der Waals surface area (Å²) < 4.78 is 5.11. The molecule has 2 N–H and O–H groups in total. The molecule has 1 amide bonds. The van der Waals surface area contributed by atoms with Crippen LogP contribution in [0.15, 0.2) is 48.2 Å². The molecule has 6 heteroatoms. The molecule has 0 aliphatic heterocycles. The maximum atomic E-state index is 12.3. The molecule has 1 aliphatic carbocycles. The van der Waals surface area contributed by atoms with Crippen molar-refractivity contribution in [2.45, 2.75) is 32.1 Å². The lowest BCUT2D eigenvalue weighted by Crippen LogP contribution is -2.14. The Labute approximate surface area is 164 Å². The van der Waals surface area contributed by atoms with Gasteiger partial charge in [-0.1, -0.05) is 23.3 Å². The van der Waals surface area contributed by atoms with Gasteiger partial charge in [-0.15, -0.1) is 0 Å². The number of nitrogens with one attached hydrogen (secondary N) is 2. The molecule has 1 aromatic carbocycles. The zero-order valence-electron chi connectivity index (χ0n) is 15.4. The minimum Gasteiger partial charge on any atom is -0.495 e. The number of pyridine rings is 1. The number of anilines is 2. The SMILES string of the molecule is COc1ccc(NC(=O)c2ccc(NCCC3=CCCCC3)cn2)cc1Cl. The van der Waals surface area contributed by atoms with E-state index in [1.54, 1.807) is 37.6 Å². The van der Waals surface area contributed by atoms with Gasteiger partial charge in [-0.05, 0) is 62.4 Å². The molecule has 27 heavy (non-hydrogen) atoms. The van der Waals surface area contributed by atoms with Crippen LogP contribution in [0.25, 0.3) is 0 Å². The van der Waals surface area contributed by atoms with Gasteiger partial charge in [-0.3, -0.25) is 4.79 Å². The van der Waals surface area contributed by atoms with Crippen LogP contribution in [0, 0.1) is 0 Å². The number of nitrogens with zero attached hydrogens (tertiary/aromatic N) is 1. The first-order chi connectivity index (χ1) is 13.2. The van der Waals surface area contributed by atoms with Crippen molar-refractivity contribution < 1.29 is 9.53 Å². The Kier molecular flexibility index (Phi) is 6.71. The molecule has 5 nitrogen and oxygen atoms in total. The Morgan fingerprint density at radius 1 is 1.22 bits per heavy atom. The number of rotatable bonds is 7. The quantitative estimate of drug-likeness (QED) is 0.635. The smallest absolute Gasteiger partial charge is 0.274 e. The molecular weight excluding hydrogens is 362 g/mol. The van der Waals surface area contributed by atoms with E-state index in [9.17, 15) is 4.79 Å². The Hall–Kier alpha value is -2.53. The third-order valence-electron chi connectivity index (χ3n) is 4.57. The van der Waals surface area contributed by atoms with Crippen LogP contribution in [0.2, 0.25) is 5.02 Å². The van der Waals surface area contributed by atoms with Gasteiger partial charge in [0.25, 0.3) is 5.91 Å². The van der Waals surface area contributed by atoms with Crippen LogP contribution in [0.3, 0.4) is 0 Å². The summed E-state index contributed by atoms with van der Waals surface area (Å²) in [6.07, 6.45) is 10.1. The number of halogens is 1. The molecule has 1 aromatic heterocycles. The van der Waals surface area contributed by atoms with Gasteiger partial charge in [0.15, 0.2) is 0 Å². The highest BCUT2D eigenvalue weighted by Gasteiger charge is 2.10. The van der Waals surface area contributed by atoms with E-state index in [2.05, 4.69) is 21.7 Å². The number of aromatic nitrogens is 1. The van der Waals surface area contributed by atoms with Gasteiger partial charge in [0, 0.05) is 12.2 Å². The molecule has 0 saturated heterocycles. The molecule has 0 atom stereocenters. The molecule has 1 aliphatic rings. The number of hydrogen-bond acceptors (Lipinski definition) is 4. The van der Waals surface area contributed by atoms with Crippen molar-refractivity contribution in [1.29, 1.82) is 0 Å². The predicted octanol–water partition coefficient (Wildman–Crippen LogP) is 5.30. The molecule has 1 heterocycles. The molecule has 0 fully saturated rings. The van der Waals surface area contributed by atoms with Crippen LogP contribution in [0.4, 0.5) is 11.4 Å². The highest BCUT2D eigenvalue weighted by atomic mass is 35.5. The summed E-state index contributed by atoms with van der Waals surface area (Å²) >= 11 is 6.08. The Balaban J connectivity index is 1.52. The summed E-state index contributed by atoms with van der Waals surface area (Å²) in [6, 6.07) is 8.67. The van der Waals surface area contributed by atoms with Crippen molar-refractivity contribution in [2.75, 3.05) is 24.3 Å². The summed E-state index contributed by atoms with van der Waals surface area (Å²) in [6.45, 7) is 0.878. The second-order valence-electron chi connectivity index (χ2n) is 6.52. The molecule has 0 radical (unpaired) electrons. The molecule has 142 valence electrons. The van der Waals surface area contributed by atoms with E-state index in [4.69, 9.17) is 16.3 Å². The van der Waals surface area contributed by atoms with Gasteiger partial charge in [-0.25, -0.2) is 4.98 Å². The third-order valence-corrected chi connectivity index (χ3v) is 4.86. The lowest BCUT2D eigenvalue weighted by molar-refractivity contribution is 0.102. The molecule has 0 bridgehead atoms. The predicted molar refractivity (Wildman–Crippen MR) is 110 cm³/mol. The summed E-state index contributed by atoms with van der Waals surface area (Å²) in [4.78, 5) is 16.6. The van der Waals surface area contributed by atoms with Gasteiger partial charge in [0.2, 0.25) is 0 Å². The Morgan fingerprint density at radius 2 is 2.07 bits per heavy atom. The van der Waals surface area contributed by atoms with E-state index >= 15 is 0 Å². The molecule has 0 saturated carbocycles. The zero-order valence-corrected chi connectivity index (χ0v) is 16.2. The lowest BCUT2D eigenvalue weighted by Gasteiger charge is -2.13. The average Bonchev–Trinajstić information content (AvgIpc) is 2.69. The first-order valence-corrected chi connectivity index (χ1v) is 9.56. The summed E-state index contributed by atoms with van der Waals surface area (Å²) in [5.41, 5.74) is 3.39. The van der Waals surface area contributed by atoms with Gasteiger partial charge in [0.1, 0.15) is 11.4 Å². The van der Waals surface area contributed by atoms with Crippen molar-refractivity contribution in [3.05, 3.63) is 58.9 Å². The summed E-state index contributed by atoms with van der Waals surface area (Å²) in [7, 11) is 1.55. The van der Waals surface area contributed by atoms with Crippen LogP contribution in [-0.4, -0.2) is 24.5 Å². The Bertz CT molecular complexity index is 819. The van der Waals surface area contributed by atoms with Gasteiger partial charge < -0.3 is 15.4 Å². The standard InChI is InChI=1S/C21H24ClN3O2/c1-27-20-10-8-16(13-18(20)22)25-21(26)19-9-7-17(14-24-19)23-12-11-15-5-3-2-4-6-15/h5,7-10,13-14,23H,2-4,6,11-12H2,1H3,(H,25,26). The van der Waals surface area contributed by atoms with E-state index in [0.29, 0.717) is 22.2 Å². The number of amides is 1. The Morgan fingerprint density at radius 3 is 2.74 bits per heavy atom. The molecule has 0 spiro atoms. The van der Waals surface area contributed by atoms with Crippen LogP contribution < -0.4 is 15.4 Å². The monoisotopic (exact) mass is 385 g/mol. The number of carbonyl (C=O) groups excluding carboxylic acids is 1.